The second-order valence-corrected chi connectivity index (χ2v) is 8.06. The predicted octanol–water partition coefficient (Wildman–Crippen LogP) is 0.0698. The minimum Gasteiger partial charge on any atom is -0.339 e. The number of hydrogen-bond donors (Lipinski definition) is 1. The van der Waals surface area contributed by atoms with Crippen molar-refractivity contribution in [3.63, 3.8) is 0 Å². The van der Waals surface area contributed by atoms with Crippen LogP contribution < -0.4 is 5.73 Å². The maximum absolute atomic E-state index is 12.8. The van der Waals surface area contributed by atoms with Gasteiger partial charge in [-0.15, -0.1) is 4.40 Å². The molecule has 2 N–H and O–H groups in total. The summed E-state index contributed by atoms with van der Waals surface area (Å²) in [6.45, 7) is 3.61. The lowest BCUT2D eigenvalue weighted by molar-refractivity contribution is -0.128. The zero-order valence-corrected chi connectivity index (χ0v) is 14.0. The summed E-state index contributed by atoms with van der Waals surface area (Å²) in [5, 5.41) is 0. The second-order valence-electron chi connectivity index (χ2n) is 6.30. The molecule has 0 aromatic heterocycles. The van der Waals surface area contributed by atoms with Gasteiger partial charge >= 0.3 is 0 Å². The van der Waals surface area contributed by atoms with E-state index >= 15 is 0 Å². The van der Waals surface area contributed by atoms with Gasteiger partial charge in [0.05, 0.1) is 11.3 Å². The van der Waals surface area contributed by atoms with E-state index in [0.29, 0.717) is 31.1 Å². The number of nitrogens with two attached hydrogens (primary N) is 1. The number of nitrogens with zero attached hydrogens (tertiary/aromatic N) is 3. The molecule has 0 saturated carbocycles. The number of rotatable bonds is 2. The van der Waals surface area contributed by atoms with Crippen molar-refractivity contribution in [1.82, 2.24) is 9.80 Å². The Balaban J connectivity index is 1.78. The smallest absolute Gasteiger partial charge is 0.257 e. The number of allylic oxidation sites excluding steroid dienone is 2. The number of piperidine rings is 1. The standard InChI is InChI=1S/C15H22N4O3S/c1-11(16)12-4-7-19(8-5-12)15(20)13-3-2-6-18-9-10-23(21,22)17-14(13)18/h2-3,6,11-12H,4-5,7-10,16H2,1H3. The van der Waals surface area contributed by atoms with Crippen molar-refractivity contribution in [1.29, 1.82) is 0 Å². The molecule has 0 spiro atoms. The molecule has 1 saturated heterocycles. The first-order valence-electron chi connectivity index (χ1n) is 7.90. The fraction of sp³-hybridized carbons (Fsp3) is 0.600. The van der Waals surface area contributed by atoms with Crippen molar-refractivity contribution in [3.8, 4) is 0 Å². The Labute approximate surface area is 136 Å². The second kappa shape index (κ2) is 6.09. The van der Waals surface area contributed by atoms with E-state index in [0.717, 1.165) is 12.8 Å². The Hall–Kier alpha value is -1.67. The molecule has 0 aromatic rings. The number of carbonyl (C=O) groups is 1. The normalized spacial score (nSPS) is 25.5. The summed E-state index contributed by atoms with van der Waals surface area (Å²) in [4.78, 5) is 16.3. The lowest BCUT2D eigenvalue weighted by Gasteiger charge is -2.36. The summed E-state index contributed by atoms with van der Waals surface area (Å²) in [5.41, 5.74) is 6.29. The first-order valence-corrected chi connectivity index (χ1v) is 9.51. The predicted molar refractivity (Wildman–Crippen MR) is 88.1 cm³/mol. The number of likely N-dealkylation sites (tertiary alicyclic amines) is 1. The summed E-state index contributed by atoms with van der Waals surface area (Å²) in [5.74, 6) is 0.502. The molecule has 0 aliphatic carbocycles. The van der Waals surface area contributed by atoms with Crippen LogP contribution in [0.2, 0.25) is 0 Å². The third kappa shape index (κ3) is 3.32. The van der Waals surface area contributed by atoms with Crippen LogP contribution in [0.3, 0.4) is 0 Å². The molecule has 0 radical (unpaired) electrons. The largest absolute Gasteiger partial charge is 0.339 e. The lowest BCUT2D eigenvalue weighted by atomic mass is 9.90. The van der Waals surface area contributed by atoms with E-state index in [9.17, 15) is 13.2 Å². The van der Waals surface area contributed by atoms with Gasteiger partial charge in [0.25, 0.3) is 15.9 Å². The van der Waals surface area contributed by atoms with Crippen molar-refractivity contribution in [2.75, 3.05) is 25.4 Å². The molecule has 1 unspecified atom stereocenters. The Bertz CT molecular complexity index is 686. The molecule has 126 valence electrons. The molecule has 3 rings (SSSR count). The van der Waals surface area contributed by atoms with Gasteiger partial charge in [-0.2, -0.15) is 0 Å². The van der Waals surface area contributed by atoms with Gasteiger partial charge in [-0.05, 0) is 37.8 Å². The van der Waals surface area contributed by atoms with Gasteiger partial charge in [0.1, 0.15) is 0 Å². The van der Waals surface area contributed by atoms with Crippen molar-refractivity contribution < 1.29 is 13.2 Å². The summed E-state index contributed by atoms with van der Waals surface area (Å²) >= 11 is 0. The number of amides is 1. The van der Waals surface area contributed by atoms with E-state index in [4.69, 9.17) is 5.73 Å². The van der Waals surface area contributed by atoms with Gasteiger partial charge < -0.3 is 15.5 Å². The number of carbonyl (C=O) groups excluding carboxylic acids is 1. The van der Waals surface area contributed by atoms with E-state index in [2.05, 4.69) is 4.40 Å². The van der Waals surface area contributed by atoms with Crippen LogP contribution in [0, 0.1) is 5.92 Å². The highest BCUT2D eigenvalue weighted by Crippen LogP contribution is 2.24. The minimum absolute atomic E-state index is 0.0257. The van der Waals surface area contributed by atoms with Crippen LogP contribution >= 0.6 is 0 Å². The van der Waals surface area contributed by atoms with Gasteiger partial charge in [0, 0.05) is 31.9 Å². The summed E-state index contributed by atoms with van der Waals surface area (Å²) in [6.07, 6.45) is 6.92. The van der Waals surface area contributed by atoms with Crippen LogP contribution in [-0.4, -0.2) is 61.4 Å². The van der Waals surface area contributed by atoms with Crippen LogP contribution in [0.1, 0.15) is 19.8 Å². The third-order valence-corrected chi connectivity index (χ3v) is 5.81. The monoisotopic (exact) mass is 338 g/mol. The first kappa shape index (κ1) is 16.2. The van der Waals surface area contributed by atoms with Gasteiger partial charge in [0.2, 0.25) is 0 Å². The molecule has 1 fully saturated rings. The van der Waals surface area contributed by atoms with Crippen molar-refractivity contribution >= 4 is 21.8 Å². The number of amidine groups is 1. The number of sulfonamides is 1. The Kier molecular flexibility index (Phi) is 4.29. The maximum atomic E-state index is 12.8. The highest BCUT2D eigenvalue weighted by atomic mass is 32.2. The Morgan fingerprint density at radius 3 is 2.70 bits per heavy atom. The third-order valence-electron chi connectivity index (χ3n) is 4.66. The summed E-state index contributed by atoms with van der Waals surface area (Å²) in [7, 11) is -3.49. The molecule has 7 nitrogen and oxygen atoms in total. The highest BCUT2D eigenvalue weighted by molar-refractivity contribution is 7.90. The summed E-state index contributed by atoms with van der Waals surface area (Å²) in [6, 6.07) is 0.132. The van der Waals surface area contributed by atoms with Crippen molar-refractivity contribution in [3.05, 3.63) is 23.9 Å². The molecular weight excluding hydrogens is 316 g/mol. The fourth-order valence-corrected chi connectivity index (χ4v) is 4.17. The van der Waals surface area contributed by atoms with Crippen molar-refractivity contribution in [2.45, 2.75) is 25.8 Å². The fourth-order valence-electron chi connectivity index (χ4n) is 3.18. The molecule has 1 amide bonds. The molecule has 0 bridgehead atoms. The Morgan fingerprint density at radius 2 is 2.04 bits per heavy atom. The molecule has 0 aromatic carbocycles. The average Bonchev–Trinajstić information content (AvgIpc) is 2.53. The topological polar surface area (TPSA) is 96.1 Å². The van der Waals surface area contributed by atoms with Crippen LogP contribution in [0.15, 0.2) is 28.3 Å². The van der Waals surface area contributed by atoms with E-state index in [1.165, 1.54) is 0 Å². The Morgan fingerprint density at radius 1 is 1.35 bits per heavy atom. The van der Waals surface area contributed by atoms with E-state index in [1.54, 1.807) is 28.2 Å². The molecule has 1 atom stereocenters. The molecule has 3 aliphatic rings. The molecule has 8 heteroatoms. The van der Waals surface area contributed by atoms with E-state index in [1.807, 2.05) is 6.92 Å². The van der Waals surface area contributed by atoms with Gasteiger partial charge in [-0.3, -0.25) is 4.79 Å². The van der Waals surface area contributed by atoms with Gasteiger partial charge in [0.15, 0.2) is 5.84 Å². The van der Waals surface area contributed by atoms with E-state index in [-0.39, 0.29) is 23.5 Å². The lowest BCUT2D eigenvalue weighted by Crippen LogP contribution is -2.47. The molecule has 3 heterocycles. The van der Waals surface area contributed by atoms with Gasteiger partial charge in [-0.1, -0.05) is 0 Å². The molecule has 23 heavy (non-hydrogen) atoms. The van der Waals surface area contributed by atoms with E-state index < -0.39 is 10.0 Å². The number of fused-ring (bicyclic) bond motifs is 1. The minimum atomic E-state index is -3.49. The van der Waals surface area contributed by atoms with Crippen LogP contribution in [-0.2, 0) is 14.8 Å². The highest BCUT2D eigenvalue weighted by Gasteiger charge is 2.33. The molecular formula is C15H22N4O3S. The number of hydrogen-bond acceptors (Lipinski definition) is 5. The maximum Gasteiger partial charge on any atom is 0.257 e. The average molecular weight is 338 g/mol. The quantitative estimate of drug-likeness (QED) is 0.769. The van der Waals surface area contributed by atoms with Gasteiger partial charge in [-0.25, -0.2) is 8.42 Å². The van der Waals surface area contributed by atoms with Crippen LogP contribution in [0.4, 0.5) is 0 Å². The van der Waals surface area contributed by atoms with Crippen LogP contribution in [0.5, 0.6) is 0 Å². The zero-order valence-electron chi connectivity index (χ0n) is 13.2. The SMILES string of the molecule is CC(N)C1CCN(C(=O)C2=CC=CN3CCS(=O)(=O)N=C23)CC1. The molecule has 3 aliphatic heterocycles. The first-order chi connectivity index (χ1) is 10.9. The van der Waals surface area contributed by atoms with Crippen LogP contribution in [0.25, 0.3) is 0 Å². The van der Waals surface area contributed by atoms with Crippen molar-refractivity contribution in [2.24, 2.45) is 16.0 Å². The zero-order chi connectivity index (χ0) is 16.6. The summed E-state index contributed by atoms with van der Waals surface area (Å²) < 4.78 is 27.3.